The van der Waals surface area contributed by atoms with E-state index in [1.54, 1.807) is 36.5 Å². The number of carbonyl (C=O) groups is 2. The van der Waals surface area contributed by atoms with Crippen LogP contribution in [0.15, 0.2) is 36.5 Å². The minimum atomic E-state index is -0.396. The average Bonchev–Trinajstić information content (AvgIpc) is 2.65. The van der Waals surface area contributed by atoms with Gasteiger partial charge in [0.25, 0.3) is 0 Å². The second-order valence-corrected chi connectivity index (χ2v) is 6.09. The topological polar surface area (TPSA) is 104 Å². The third-order valence-electron chi connectivity index (χ3n) is 4.17. The fourth-order valence-electron chi connectivity index (χ4n) is 2.85. The molecule has 26 heavy (non-hydrogen) atoms. The van der Waals surface area contributed by atoms with Gasteiger partial charge in [-0.1, -0.05) is 19.1 Å². The third kappa shape index (κ3) is 3.60. The average molecular weight is 356 g/mol. The zero-order valence-corrected chi connectivity index (χ0v) is 14.5. The number of aromatic nitrogens is 1. The molecule has 8 heteroatoms. The number of anilines is 2. The van der Waals surface area contributed by atoms with Gasteiger partial charge in [0, 0.05) is 6.20 Å². The molecule has 2 heterocycles. The molecule has 0 fully saturated rings. The first-order valence-electron chi connectivity index (χ1n) is 8.27. The Morgan fingerprint density at radius 2 is 2.15 bits per heavy atom. The molecule has 8 nitrogen and oxygen atoms in total. The number of pyridine rings is 1. The summed E-state index contributed by atoms with van der Waals surface area (Å²) in [5.41, 5.74) is 2.28. The number of carbonyl (C=O) groups excluding carboxylic acids is 2. The summed E-state index contributed by atoms with van der Waals surface area (Å²) in [6, 6.07) is 7.87. The van der Waals surface area contributed by atoms with Gasteiger partial charge in [-0.3, -0.25) is 9.69 Å². The van der Waals surface area contributed by atoms with E-state index < -0.39 is 6.03 Å². The number of nitrogens with one attached hydrogen (secondary N) is 2. The van der Waals surface area contributed by atoms with E-state index in [4.69, 9.17) is 5.26 Å². The van der Waals surface area contributed by atoms with Crippen LogP contribution in [0, 0.1) is 6.92 Å². The second-order valence-electron chi connectivity index (χ2n) is 6.09. The molecule has 0 aliphatic carbocycles. The van der Waals surface area contributed by atoms with Crippen LogP contribution in [0.25, 0.3) is 0 Å². The summed E-state index contributed by atoms with van der Waals surface area (Å²) < 4.78 is 0. The van der Waals surface area contributed by atoms with E-state index in [0.29, 0.717) is 23.7 Å². The van der Waals surface area contributed by atoms with Crippen molar-refractivity contribution in [1.82, 2.24) is 10.3 Å². The van der Waals surface area contributed by atoms with E-state index in [1.165, 1.54) is 4.90 Å². The molecule has 0 bridgehead atoms. The Labute approximate surface area is 150 Å². The highest BCUT2D eigenvalue weighted by Gasteiger charge is 2.29. The van der Waals surface area contributed by atoms with E-state index in [0.717, 1.165) is 11.1 Å². The molecule has 3 N–H and O–H groups in total. The highest BCUT2D eigenvalue weighted by Crippen LogP contribution is 2.28. The Morgan fingerprint density at radius 1 is 1.42 bits per heavy atom. The Bertz CT molecular complexity index is 822. The first kappa shape index (κ1) is 17.7. The van der Waals surface area contributed by atoms with E-state index in [2.05, 4.69) is 20.5 Å². The molecule has 3 rings (SSSR count). The van der Waals surface area contributed by atoms with Gasteiger partial charge < -0.3 is 15.5 Å². The summed E-state index contributed by atoms with van der Waals surface area (Å²) in [5.74, 6) is 0.472. The predicted octanol–water partition coefficient (Wildman–Crippen LogP) is 2.86. The maximum absolute atomic E-state index is 12.8. The summed E-state index contributed by atoms with van der Waals surface area (Å²) in [6.45, 7) is 3.72. The minimum absolute atomic E-state index is 0.0946. The highest BCUT2D eigenvalue weighted by molar-refractivity contribution is 6.08. The standard InChI is InChI=1S/C18H20N4O4/c1-3-14(12-4-6-13(26-25)7-5-12)21-18(24)22-10-16(23)20-15-8-11(2)9-19-17(15)22/h4-9,14,25H,3,10H2,1-2H3,(H,20,23)(H,21,24). The van der Waals surface area contributed by atoms with Crippen molar-refractivity contribution in [2.45, 2.75) is 26.3 Å². The minimum Gasteiger partial charge on any atom is -0.340 e. The normalized spacial score (nSPS) is 14.3. The molecule has 1 aromatic heterocycles. The Hall–Kier alpha value is -3.13. The van der Waals surface area contributed by atoms with E-state index in [1.807, 2.05) is 13.8 Å². The molecule has 0 spiro atoms. The van der Waals surface area contributed by atoms with Gasteiger partial charge in [0.05, 0.1) is 11.7 Å². The lowest BCUT2D eigenvalue weighted by Crippen LogP contribution is -2.48. The van der Waals surface area contributed by atoms with Crippen molar-refractivity contribution >= 4 is 23.4 Å². The van der Waals surface area contributed by atoms with Gasteiger partial charge in [0.1, 0.15) is 6.54 Å². The van der Waals surface area contributed by atoms with Crippen molar-refractivity contribution in [3.05, 3.63) is 47.7 Å². The first-order chi connectivity index (χ1) is 12.5. The number of nitrogens with zero attached hydrogens (tertiary/aromatic N) is 2. The first-order valence-corrected chi connectivity index (χ1v) is 8.27. The Balaban J connectivity index is 1.81. The van der Waals surface area contributed by atoms with Crippen molar-refractivity contribution in [2.75, 3.05) is 16.8 Å². The molecule has 1 unspecified atom stereocenters. The lowest BCUT2D eigenvalue weighted by molar-refractivity contribution is -0.137. The van der Waals surface area contributed by atoms with Crippen LogP contribution in [0.5, 0.6) is 5.75 Å². The number of rotatable bonds is 4. The zero-order chi connectivity index (χ0) is 18.7. The summed E-state index contributed by atoms with van der Waals surface area (Å²) >= 11 is 0. The predicted molar refractivity (Wildman–Crippen MR) is 96.2 cm³/mol. The van der Waals surface area contributed by atoms with Gasteiger partial charge in [-0.25, -0.2) is 15.0 Å². The van der Waals surface area contributed by atoms with Gasteiger partial charge in [-0.05, 0) is 42.7 Å². The fourth-order valence-corrected chi connectivity index (χ4v) is 2.85. The van der Waals surface area contributed by atoms with Gasteiger partial charge in [-0.2, -0.15) is 0 Å². The molecule has 0 saturated heterocycles. The highest BCUT2D eigenvalue weighted by atomic mass is 17.1. The molecule has 0 radical (unpaired) electrons. The molecule has 1 aliphatic heterocycles. The van der Waals surface area contributed by atoms with Gasteiger partial charge in [0.15, 0.2) is 11.6 Å². The van der Waals surface area contributed by atoms with E-state index in [-0.39, 0.29) is 18.5 Å². The molecular formula is C18H20N4O4. The molecule has 0 saturated carbocycles. The van der Waals surface area contributed by atoms with E-state index in [9.17, 15) is 9.59 Å². The zero-order valence-electron chi connectivity index (χ0n) is 14.5. The fraction of sp³-hybridized carbons (Fsp3) is 0.278. The van der Waals surface area contributed by atoms with Crippen LogP contribution >= 0.6 is 0 Å². The molecule has 3 amide bonds. The summed E-state index contributed by atoms with van der Waals surface area (Å²) in [5, 5.41) is 14.3. The number of hydrogen-bond donors (Lipinski definition) is 3. The largest absolute Gasteiger partial charge is 0.340 e. The van der Waals surface area contributed by atoms with Gasteiger partial charge >= 0.3 is 6.03 Å². The molecule has 136 valence electrons. The van der Waals surface area contributed by atoms with Crippen molar-refractivity contribution in [3.8, 4) is 5.75 Å². The van der Waals surface area contributed by atoms with Gasteiger partial charge in [0.2, 0.25) is 5.91 Å². The number of hydrogen-bond acceptors (Lipinski definition) is 5. The Kier molecular flexibility index (Phi) is 5.04. The smallest absolute Gasteiger partial charge is 0.324 e. The van der Waals surface area contributed by atoms with Crippen molar-refractivity contribution in [2.24, 2.45) is 0 Å². The van der Waals surface area contributed by atoms with Crippen LogP contribution in [0.1, 0.15) is 30.5 Å². The maximum atomic E-state index is 12.8. The van der Waals surface area contributed by atoms with Crippen molar-refractivity contribution in [3.63, 3.8) is 0 Å². The van der Waals surface area contributed by atoms with Crippen LogP contribution in [0.2, 0.25) is 0 Å². The van der Waals surface area contributed by atoms with Crippen LogP contribution in [0.3, 0.4) is 0 Å². The number of aryl methyl sites for hydroxylation is 1. The quantitative estimate of drug-likeness (QED) is 0.577. The summed E-state index contributed by atoms with van der Waals surface area (Å²) in [4.78, 5) is 34.5. The number of benzene rings is 1. The number of amides is 3. The maximum Gasteiger partial charge on any atom is 0.324 e. The SMILES string of the molecule is CCC(NC(=O)N1CC(=O)Nc2cc(C)cnc21)c1ccc(OO)cc1. The Morgan fingerprint density at radius 3 is 2.81 bits per heavy atom. The molecule has 1 aliphatic rings. The lowest BCUT2D eigenvalue weighted by Gasteiger charge is -2.30. The van der Waals surface area contributed by atoms with Crippen molar-refractivity contribution in [1.29, 1.82) is 0 Å². The molecular weight excluding hydrogens is 336 g/mol. The molecule has 1 atom stereocenters. The number of fused-ring (bicyclic) bond motifs is 1. The van der Waals surface area contributed by atoms with Crippen LogP contribution in [-0.4, -0.2) is 28.7 Å². The van der Waals surface area contributed by atoms with Crippen LogP contribution < -0.4 is 20.4 Å². The molecule has 2 aromatic rings. The monoisotopic (exact) mass is 356 g/mol. The van der Waals surface area contributed by atoms with Crippen LogP contribution in [-0.2, 0) is 4.79 Å². The second kappa shape index (κ2) is 7.40. The molecule has 1 aromatic carbocycles. The summed E-state index contributed by atoms with van der Waals surface area (Å²) in [7, 11) is 0. The van der Waals surface area contributed by atoms with E-state index >= 15 is 0 Å². The third-order valence-corrected chi connectivity index (χ3v) is 4.17. The lowest BCUT2D eigenvalue weighted by atomic mass is 10.0. The number of urea groups is 1. The van der Waals surface area contributed by atoms with Crippen molar-refractivity contribution < 1.29 is 19.7 Å². The van der Waals surface area contributed by atoms with Gasteiger partial charge in [-0.15, -0.1) is 0 Å². The summed E-state index contributed by atoms with van der Waals surface area (Å²) in [6.07, 6.45) is 2.31. The van der Waals surface area contributed by atoms with Crippen LogP contribution in [0.4, 0.5) is 16.3 Å².